The Kier molecular flexibility index (Phi) is 3.92. The maximum absolute atomic E-state index is 5.84. The van der Waals surface area contributed by atoms with Gasteiger partial charge in [0.25, 0.3) is 0 Å². The van der Waals surface area contributed by atoms with Crippen molar-refractivity contribution >= 4 is 15.9 Å². The summed E-state index contributed by atoms with van der Waals surface area (Å²) < 4.78 is 9.12. The van der Waals surface area contributed by atoms with Crippen molar-refractivity contribution < 1.29 is 4.74 Å². The minimum absolute atomic E-state index is 0.0653. The summed E-state index contributed by atoms with van der Waals surface area (Å²) in [5.74, 6) is 0. The summed E-state index contributed by atoms with van der Waals surface area (Å²) in [7, 11) is 0. The lowest BCUT2D eigenvalue weighted by Crippen LogP contribution is -2.34. The molecule has 1 aromatic heterocycles. The van der Waals surface area contributed by atoms with Crippen molar-refractivity contribution in [3.05, 3.63) is 46.0 Å². The van der Waals surface area contributed by atoms with Gasteiger partial charge < -0.3 is 14.6 Å². The van der Waals surface area contributed by atoms with Gasteiger partial charge in [-0.25, -0.2) is 4.98 Å². The molecule has 1 aromatic carbocycles. The van der Waals surface area contributed by atoms with E-state index in [9.17, 15) is 0 Å². The largest absolute Gasteiger partial charge is 0.369 e. The molecule has 1 unspecified atom stereocenters. The van der Waals surface area contributed by atoms with Crippen LogP contribution in [-0.4, -0.2) is 29.2 Å². The standard InChI is InChI=1S/C15H18BrN3O/c1-10-5-12(6-11(2)15(10)16)19-9-18-7-13(19)14-8-17-3-4-20-14/h5-7,9,14,17H,3-4,8H2,1-2H3. The van der Waals surface area contributed by atoms with E-state index in [0.717, 1.165) is 31.1 Å². The molecule has 1 fully saturated rings. The average Bonchev–Trinajstić information content (AvgIpc) is 2.94. The van der Waals surface area contributed by atoms with E-state index < -0.39 is 0 Å². The number of benzene rings is 1. The third-order valence-electron chi connectivity index (χ3n) is 3.62. The zero-order valence-corrected chi connectivity index (χ0v) is 13.3. The van der Waals surface area contributed by atoms with Gasteiger partial charge in [0.05, 0.1) is 24.8 Å². The van der Waals surface area contributed by atoms with E-state index in [1.54, 1.807) is 0 Å². The molecule has 0 bridgehead atoms. The fraction of sp³-hybridized carbons (Fsp3) is 0.400. The second-order valence-electron chi connectivity index (χ2n) is 5.15. The lowest BCUT2D eigenvalue weighted by atomic mass is 10.1. The molecular weight excluding hydrogens is 318 g/mol. The molecule has 0 amide bonds. The summed E-state index contributed by atoms with van der Waals surface area (Å²) in [6.45, 7) is 6.71. The summed E-state index contributed by atoms with van der Waals surface area (Å²) in [5.41, 5.74) is 4.67. The highest BCUT2D eigenvalue weighted by molar-refractivity contribution is 9.10. The van der Waals surface area contributed by atoms with Crippen LogP contribution in [0.15, 0.2) is 29.1 Å². The molecule has 0 saturated carbocycles. The van der Waals surface area contributed by atoms with Crippen molar-refractivity contribution in [3.8, 4) is 5.69 Å². The monoisotopic (exact) mass is 335 g/mol. The molecule has 1 atom stereocenters. The molecule has 2 heterocycles. The van der Waals surface area contributed by atoms with Crippen LogP contribution < -0.4 is 5.32 Å². The number of rotatable bonds is 2. The molecule has 1 aliphatic heterocycles. The quantitative estimate of drug-likeness (QED) is 0.917. The van der Waals surface area contributed by atoms with Crippen molar-refractivity contribution in [3.63, 3.8) is 0 Å². The maximum Gasteiger partial charge on any atom is 0.112 e. The van der Waals surface area contributed by atoms with Gasteiger partial charge in [-0.3, -0.25) is 0 Å². The smallest absolute Gasteiger partial charge is 0.112 e. The first kappa shape index (κ1) is 13.8. The fourth-order valence-corrected chi connectivity index (χ4v) is 2.81. The van der Waals surface area contributed by atoms with Gasteiger partial charge in [0.2, 0.25) is 0 Å². The first-order valence-corrected chi connectivity index (χ1v) is 7.58. The molecule has 0 spiro atoms. The van der Waals surface area contributed by atoms with Crippen LogP contribution in [0.1, 0.15) is 22.9 Å². The van der Waals surface area contributed by atoms with Crippen LogP contribution in [0.5, 0.6) is 0 Å². The SMILES string of the molecule is Cc1cc(-n2cncc2C2CNCCO2)cc(C)c1Br. The number of morpholine rings is 1. The first-order valence-electron chi connectivity index (χ1n) is 6.78. The fourth-order valence-electron chi connectivity index (χ4n) is 2.58. The second-order valence-corrected chi connectivity index (χ2v) is 5.94. The third-order valence-corrected chi connectivity index (χ3v) is 4.87. The predicted octanol–water partition coefficient (Wildman–Crippen LogP) is 2.91. The number of aromatic nitrogens is 2. The summed E-state index contributed by atoms with van der Waals surface area (Å²) in [4.78, 5) is 4.30. The minimum Gasteiger partial charge on any atom is -0.369 e. The zero-order valence-electron chi connectivity index (χ0n) is 11.7. The molecule has 2 aromatic rings. The van der Waals surface area contributed by atoms with E-state index in [-0.39, 0.29) is 6.10 Å². The number of ether oxygens (including phenoxy) is 1. The Morgan fingerprint density at radius 2 is 2.10 bits per heavy atom. The van der Waals surface area contributed by atoms with Crippen molar-refractivity contribution in [2.45, 2.75) is 20.0 Å². The topological polar surface area (TPSA) is 39.1 Å². The number of hydrogen-bond donors (Lipinski definition) is 1. The van der Waals surface area contributed by atoms with Crippen LogP contribution in [0.25, 0.3) is 5.69 Å². The molecule has 0 aliphatic carbocycles. The minimum atomic E-state index is 0.0653. The molecule has 1 N–H and O–H groups in total. The number of nitrogens with one attached hydrogen (secondary N) is 1. The Hall–Kier alpha value is -1.17. The second kappa shape index (κ2) is 5.68. The van der Waals surface area contributed by atoms with Crippen LogP contribution in [-0.2, 0) is 4.74 Å². The van der Waals surface area contributed by atoms with Crippen molar-refractivity contribution in [1.29, 1.82) is 0 Å². The van der Waals surface area contributed by atoms with E-state index in [0.29, 0.717) is 0 Å². The summed E-state index contributed by atoms with van der Waals surface area (Å²) in [6.07, 6.45) is 3.82. The molecule has 1 saturated heterocycles. The van der Waals surface area contributed by atoms with Crippen LogP contribution in [0, 0.1) is 13.8 Å². The Labute approximate surface area is 127 Å². The van der Waals surface area contributed by atoms with E-state index in [1.807, 2.05) is 12.5 Å². The van der Waals surface area contributed by atoms with Gasteiger partial charge in [-0.15, -0.1) is 0 Å². The Balaban J connectivity index is 2.00. The van der Waals surface area contributed by atoms with Gasteiger partial charge in [0, 0.05) is 23.2 Å². The van der Waals surface area contributed by atoms with Gasteiger partial charge >= 0.3 is 0 Å². The Bertz CT molecular complexity index is 594. The molecule has 20 heavy (non-hydrogen) atoms. The Morgan fingerprint density at radius 1 is 1.35 bits per heavy atom. The molecule has 4 nitrogen and oxygen atoms in total. The summed E-state index contributed by atoms with van der Waals surface area (Å²) in [6, 6.07) is 4.33. The van der Waals surface area contributed by atoms with Crippen molar-refractivity contribution in [2.24, 2.45) is 0 Å². The van der Waals surface area contributed by atoms with E-state index in [2.05, 4.69) is 56.8 Å². The van der Waals surface area contributed by atoms with E-state index in [1.165, 1.54) is 15.6 Å². The summed E-state index contributed by atoms with van der Waals surface area (Å²) in [5, 5.41) is 3.36. The van der Waals surface area contributed by atoms with Gasteiger partial charge in [-0.05, 0) is 37.1 Å². The molecular formula is C15H18BrN3O. The van der Waals surface area contributed by atoms with Gasteiger partial charge in [-0.1, -0.05) is 15.9 Å². The lowest BCUT2D eigenvalue weighted by Gasteiger charge is -2.24. The number of aryl methyl sites for hydroxylation is 2. The number of imidazole rings is 1. The predicted molar refractivity (Wildman–Crippen MR) is 82.3 cm³/mol. The highest BCUT2D eigenvalue weighted by Crippen LogP contribution is 2.27. The molecule has 5 heteroatoms. The van der Waals surface area contributed by atoms with E-state index >= 15 is 0 Å². The van der Waals surface area contributed by atoms with E-state index in [4.69, 9.17) is 4.74 Å². The van der Waals surface area contributed by atoms with Crippen LogP contribution in [0.2, 0.25) is 0 Å². The van der Waals surface area contributed by atoms with Crippen molar-refractivity contribution in [2.75, 3.05) is 19.7 Å². The average molecular weight is 336 g/mol. The van der Waals surface area contributed by atoms with Gasteiger partial charge in [0.15, 0.2) is 0 Å². The zero-order chi connectivity index (χ0) is 14.1. The number of hydrogen-bond acceptors (Lipinski definition) is 3. The van der Waals surface area contributed by atoms with Crippen LogP contribution in [0.4, 0.5) is 0 Å². The number of halogens is 1. The van der Waals surface area contributed by atoms with Crippen molar-refractivity contribution in [1.82, 2.24) is 14.9 Å². The molecule has 3 rings (SSSR count). The van der Waals surface area contributed by atoms with Crippen LogP contribution >= 0.6 is 15.9 Å². The summed E-state index contributed by atoms with van der Waals surface area (Å²) >= 11 is 3.61. The third kappa shape index (κ3) is 2.53. The lowest BCUT2D eigenvalue weighted by molar-refractivity contribution is 0.0240. The molecule has 1 aliphatic rings. The first-order chi connectivity index (χ1) is 9.66. The maximum atomic E-state index is 5.84. The normalized spacial score (nSPS) is 19.2. The van der Waals surface area contributed by atoms with Gasteiger partial charge in [0.1, 0.15) is 6.10 Å². The molecule has 106 valence electrons. The molecule has 0 radical (unpaired) electrons. The number of nitrogens with zero attached hydrogens (tertiary/aromatic N) is 2. The highest BCUT2D eigenvalue weighted by Gasteiger charge is 2.20. The Morgan fingerprint density at radius 3 is 2.75 bits per heavy atom. The van der Waals surface area contributed by atoms with Crippen LogP contribution in [0.3, 0.4) is 0 Å². The van der Waals surface area contributed by atoms with Gasteiger partial charge in [-0.2, -0.15) is 0 Å². The highest BCUT2D eigenvalue weighted by atomic mass is 79.9.